The van der Waals surface area contributed by atoms with Crippen molar-refractivity contribution < 1.29 is 9.53 Å². The minimum atomic E-state index is 0.141. The van der Waals surface area contributed by atoms with Gasteiger partial charge < -0.3 is 20.7 Å². The molecule has 0 atom stereocenters. The number of nitrogens with two attached hydrogens (primary N) is 1. The van der Waals surface area contributed by atoms with Gasteiger partial charge in [0.2, 0.25) is 11.9 Å². The quantitative estimate of drug-likeness (QED) is 0.468. The van der Waals surface area contributed by atoms with E-state index < -0.39 is 0 Å². The smallest absolute Gasteiger partial charge is 0.227 e. The number of hydrogen-bond acceptors (Lipinski definition) is 7. The van der Waals surface area contributed by atoms with Crippen LogP contribution >= 0.6 is 0 Å². The van der Waals surface area contributed by atoms with Gasteiger partial charge in [0.05, 0.1) is 36.4 Å². The van der Waals surface area contributed by atoms with E-state index in [0.717, 1.165) is 42.7 Å². The molecule has 3 aromatic heterocycles. The van der Waals surface area contributed by atoms with Gasteiger partial charge in [0, 0.05) is 31.8 Å². The van der Waals surface area contributed by atoms with Crippen LogP contribution in [0.2, 0.25) is 0 Å². The van der Waals surface area contributed by atoms with E-state index in [1.807, 2.05) is 35.4 Å². The summed E-state index contributed by atoms with van der Waals surface area (Å²) in [4.78, 5) is 22.6. The lowest BCUT2D eigenvalue weighted by Crippen LogP contribution is -2.36. The fourth-order valence-corrected chi connectivity index (χ4v) is 4.50. The first-order chi connectivity index (χ1) is 16.5. The molecule has 34 heavy (non-hydrogen) atoms. The highest BCUT2D eigenvalue weighted by Crippen LogP contribution is 2.35. The Morgan fingerprint density at radius 2 is 2.00 bits per heavy atom. The largest absolute Gasteiger partial charge is 0.495 e. The molecule has 1 aromatic carbocycles. The molecular formula is C25H27N7O2. The zero-order chi connectivity index (χ0) is 23.7. The average molecular weight is 458 g/mol. The Morgan fingerprint density at radius 1 is 1.18 bits per heavy atom. The first-order valence-electron chi connectivity index (χ1n) is 11.3. The Kier molecular flexibility index (Phi) is 5.75. The number of nitrogens with one attached hydrogen (secondary N) is 1. The number of nitrogen functional groups attached to an aromatic ring is 1. The molecule has 1 amide bonds. The van der Waals surface area contributed by atoms with Crippen LogP contribution in [0.25, 0.3) is 16.8 Å². The first kappa shape index (κ1) is 21.7. The summed E-state index contributed by atoms with van der Waals surface area (Å²) in [6, 6.07) is 12.0. The van der Waals surface area contributed by atoms with E-state index in [1.165, 1.54) is 5.56 Å². The number of piperidine rings is 1. The molecule has 1 saturated heterocycles. The van der Waals surface area contributed by atoms with Crippen LogP contribution in [-0.4, -0.2) is 50.6 Å². The molecule has 174 valence electrons. The maximum absolute atomic E-state index is 11.6. The number of likely N-dealkylation sites (tertiary alicyclic amines) is 1. The molecule has 0 bridgehead atoms. The molecule has 9 nitrogen and oxygen atoms in total. The summed E-state index contributed by atoms with van der Waals surface area (Å²) in [6.07, 6.45) is 7.12. The predicted molar refractivity (Wildman–Crippen MR) is 131 cm³/mol. The summed E-state index contributed by atoms with van der Waals surface area (Å²) in [5.74, 6) is 1.67. The van der Waals surface area contributed by atoms with Gasteiger partial charge in [-0.25, -0.2) is 14.5 Å². The predicted octanol–water partition coefficient (Wildman–Crippen LogP) is 3.85. The second kappa shape index (κ2) is 9.01. The second-order valence-corrected chi connectivity index (χ2v) is 8.45. The summed E-state index contributed by atoms with van der Waals surface area (Å²) in [7, 11) is 1.65. The third-order valence-electron chi connectivity index (χ3n) is 6.38. The average Bonchev–Trinajstić information content (AvgIpc) is 3.29. The van der Waals surface area contributed by atoms with Crippen molar-refractivity contribution in [2.75, 3.05) is 31.2 Å². The molecule has 0 saturated carbocycles. The third kappa shape index (κ3) is 4.12. The second-order valence-electron chi connectivity index (χ2n) is 8.45. The number of benzene rings is 1. The Balaban J connectivity index is 1.39. The number of hydrogen-bond donors (Lipinski definition) is 2. The molecule has 5 rings (SSSR count). The maximum Gasteiger partial charge on any atom is 0.227 e. The Labute approximate surface area is 197 Å². The van der Waals surface area contributed by atoms with E-state index in [2.05, 4.69) is 32.5 Å². The van der Waals surface area contributed by atoms with Gasteiger partial charge in [-0.2, -0.15) is 5.10 Å². The monoisotopic (exact) mass is 457 g/mol. The summed E-state index contributed by atoms with van der Waals surface area (Å²) >= 11 is 0. The zero-order valence-electron chi connectivity index (χ0n) is 19.2. The molecule has 0 spiro atoms. The lowest BCUT2D eigenvalue weighted by molar-refractivity contribution is -0.129. The van der Waals surface area contributed by atoms with E-state index in [-0.39, 0.29) is 5.91 Å². The zero-order valence-corrected chi connectivity index (χ0v) is 19.2. The van der Waals surface area contributed by atoms with Gasteiger partial charge in [-0.3, -0.25) is 4.79 Å². The molecular weight excluding hydrogens is 430 g/mol. The van der Waals surface area contributed by atoms with Crippen LogP contribution in [0.15, 0.2) is 55.0 Å². The first-order valence-corrected chi connectivity index (χ1v) is 11.3. The third-order valence-corrected chi connectivity index (χ3v) is 6.38. The summed E-state index contributed by atoms with van der Waals surface area (Å²) in [5, 5.41) is 7.65. The van der Waals surface area contributed by atoms with Crippen LogP contribution in [-0.2, 0) is 4.79 Å². The summed E-state index contributed by atoms with van der Waals surface area (Å²) in [5.41, 5.74) is 11.0. The standard InChI is InChI=1S/C25H27N7O2/c1-16(33)31-11-8-17(9-12-31)18-6-7-21(23(13-18)34-2)29-25-27-15-20(26)24(30-25)19-14-28-32-10-4-3-5-22(19)32/h3-7,10,13-15,17H,8-9,11-12,26H2,1-2H3,(H,27,29,30). The van der Waals surface area contributed by atoms with Crippen molar-refractivity contribution in [3.63, 3.8) is 0 Å². The maximum atomic E-state index is 11.6. The lowest BCUT2D eigenvalue weighted by atomic mass is 9.89. The van der Waals surface area contributed by atoms with Crippen molar-refractivity contribution in [3.8, 4) is 17.0 Å². The number of amides is 1. The van der Waals surface area contributed by atoms with Crippen LogP contribution < -0.4 is 15.8 Å². The van der Waals surface area contributed by atoms with Gasteiger partial charge in [-0.05, 0) is 48.6 Å². The highest BCUT2D eigenvalue weighted by Gasteiger charge is 2.23. The van der Waals surface area contributed by atoms with E-state index in [0.29, 0.717) is 29.0 Å². The molecule has 1 aliphatic rings. The number of rotatable bonds is 5. The fraction of sp³-hybridized carbons (Fsp3) is 0.280. The molecule has 0 radical (unpaired) electrons. The lowest BCUT2D eigenvalue weighted by Gasteiger charge is -2.31. The van der Waals surface area contributed by atoms with Crippen LogP contribution in [0.3, 0.4) is 0 Å². The Morgan fingerprint density at radius 3 is 2.76 bits per heavy atom. The molecule has 0 unspecified atom stereocenters. The number of pyridine rings is 1. The van der Waals surface area contributed by atoms with Crippen molar-refractivity contribution in [1.82, 2.24) is 24.5 Å². The van der Waals surface area contributed by atoms with Gasteiger partial charge in [0.25, 0.3) is 0 Å². The number of methoxy groups -OCH3 is 1. The highest BCUT2D eigenvalue weighted by molar-refractivity contribution is 5.84. The van der Waals surface area contributed by atoms with Crippen molar-refractivity contribution in [1.29, 1.82) is 0 Å². The molecule has 9 heteroatoms. The molecule has 0 aliphatic carbocycles. The van der Waals surface area contributed by atoms with E-state index >= 15 is 0 Å². The van der Waals surface area contributed by atoms with Crippen molar-refractivity contribution in [3.05, 3.63) is 60.6 Å². The number of fused-ring (bicyclic) bond motifs is 1. The SMILES string of the molecule is COc1cc(C2CCN(C(C)=O)CC2)ccc1Nc1ncc(N)c(-c2cnn3ccccc23)n1. The molecule has 4 heterocycles. The van der Waals surface area contributed by atoms with E-state index in [4.69, 9.17) is 10.5 Å². The molecule has 4 aromatic rings. The number of nitrogens with zero attached hydrogens (tertiary/aromatic N) is 5. The van der Waals surface area contributed by atoms with E-state index in [9.17, 15) is 4.79 Å². The van der Waals surface area contributed by atoms with Crippen LogP contribution in [0.1, 0.15) is 31.2 Å². The minimum absolute atomic E-state index is 0.141. The van der Waals surface area contributed by atoms with E-state index in [1.54, 1.807) is 30.9 Å². The Hall–Kier alpha value is -4.14. The van der Waals surface area contributed by atoms with Gasteiger partial charge in [-0.1, -0.05) is 12.1 Å². The summed E-state index contributed by atoms with van der Waals surface area (Å²) < 4.78 is 7.46. The normalized spacial score (nSPS) is 14.4. The van der Waals surface area contributed by atoms with Crippen molar-refractivity contribution in [2.45, 2.75) is 25.7 Å². The molecule has 1 fully saturated rings. The molecule has 3 N–H and O–H groups in total. The summed E-state index contributed by atoms with van der Waals surface area (Å²) in [6.45, 7) is 3.20. The highest BCUT2D eigenvalue weighted by atomic mass is 16.5. The van der Waals surface area contributed by atoms with Crippen LogP contribution in [0.4, 0.5) is 17.3 Å². The van der Waals surface area contributed by atoms with Crippen molar-refractivity contribution in [2.24, 2.45) is 0 Å². The minimum Gasteiger partial charge on any atom is -0.495 e. The number of carbonyl (C=O) groups excluding carboxylic acids is 1. The number of ether oxygens (including phenoxy) is 1. The molecule has 1 aliphatic heterocycles. The number of aromatic nitrogens is 4. The fourth-order valence-electron chi connectivity index (χ4n) is 4.50. The topological polar surface area (TPSA) is 111 Å². The Bertz CT molecular complexity index is 1340. The van der Waals surface area contributed by atoms with Gasteiger partial charge in [0.15, 0.2) is 0 Å². The van der Waals surface area contributed by atoms with Gasteiger partial charge in [-0.15, -0.1) is 0 Å². The van der Waals surface area contributed by atoms with Gasteiger partial charge >= 0.3 is 0 Å². The van der Waals surface area contributed by atoms with Crippen LogP contribution in [0.5, 0.6) is 5.75 Å². The number of anilines is 3. The van der Waals surface area contributed by atoms with Gasteiger partial charge in [0.1, 0.15) is 11.4 Å². The van der Waals surface area contributed by atoms with Crippen LogP contribution in [0, 0.1) is 0 Å². The van der Waals surface area contributed by atoms with Crippen molar-refractivity contribution >= 4 is 28.7 Å². The number of carbonyl (C=O) groups is 1.